The molecule has 2 aromatic carbocycles. The Morgan fingerprint density at radius 1 is 1.18 bits per heavy atom. The van der Waals surface area contributed by atoms with Crippen LogP contribution >= 0.6 is 23.2 Å². The molecule has 0 spiro atoms. The summed E-state index contributed by atoms with van der Waals surface area (Å²) in [6.45, 7) is 5.83. The van der Waals surface area contributed by atoms with Crippen LogP contribution in [0.15, 0.2) is 41.6 Å². The van der Waals surface area contributed by atoms with Crippen LogP contribution < -0.4 is 4.90 Å². The summed E-state index contributed by atoms with van der Waals surface area (Å²) < 4.78 is 44.6. The maximum Gasteiger partial charge on any atom is 0.435 e. The van der Waals surface area contributed by atoms with Crippen LogP contribution in [0.5, 0.6) is 0 Å². The van der Waals surface area contributed by atoms with E-state index in [9.17, 15) is 18.0 Å². The number of anilines is 1. The number of hydrogen-bond acceptors (Lipinski definition) is 5. The number of amides is 1. The lowest BCUT2D eigenvalue weighted by Crippen LogP contribution is -2.42. The minimum atomic E-state index is -4.80. The Bertz CT molecular complexity index is 1400. The Morgan fingerprint density at radius 3 is 2.42 bits per heavy atom. The van der Waals surface area contributed by atoms with Crippen molar-refractivity contribution in [3.63, 3.8) is 0 Å². The van der Waals surface area contributed by atoms with Gasteiger partial charge in [-0.3, -0.25) is 14.4 Å². The van der Waals surface area contributed by atoms with Gasteiger partial charge in [0.25, 0.3) is 17.5 Å². The summed E-state index contributed by atoms with van der Waals surface area (Å²) in [5.74, 6) is 1.05. The van der Waals surface area contributed by atoms with Crippen LogP contribution in [0.3, 0.4) is 0 Å². The summed E-state index contributed by atoms with van der Waals surface area (Å²) >= 11 is 11.9. The molecule has 0 aliphatic carbocycles. The number of oxime groups is 1. The van der Waals surface area contributed by atoms with Crippen LogP contribution in [0.2, 0.25) is 10.0 Å². The van der Waals surface area contributed by atoms with Gasteiger partial charge in [-0.05, 0) is 54.3 Å². The normalized spacial score (nSPS) is 17.5. The number of hydrogen-bond donors (Lipinski definition) is 0. The average molecular weight is 568 g/mol. The van der Waals surface area contributed by atoms with E-state index < -0.39 is 18.2 Å². The maximum atomic E-state index is 14.3. The fourth-order valence-electron chi connectivity index (χ4n) is 4.29. The van der Waals surface area contributed by atoms with Crippen molar-refractivity contribution in [2.45, 2.75) is 45.4 Å². The zero-order valence-electron chi connectivity index (χ0n) is 21.4. The minimum Gasteiger partial charge on any atom is -0.374 e. The van der Waals surface area contributed by atoms with E-state index in [1.54, 1.807) is 43.9 Å². The number of carbonyl (C=O) groups excluding carboxylic acids is 1. The first-order valence-electron chi connectivity index (χ1n) is 11.8. The molecule has 3 aromatic rings. The second-order valence-electron chi connectivity index (χ2n) is 9.73. The first-order chi connectivity index (χ1) is 17.7. The van der Waals surface area contributed by atoms with Crippen LogP contribution in [0.1, 0.15) is 53.1 Å². The van der Waals surface area contributed by atoms with E-state index >= 15 is 0 Å². The quantitative estimate of drug-likeness (QED) is 0.341. The number of aromatic nitrogens is 3. The van der Waals surface area contributed by atoms with E-state index in [2.05, 4.69) is 29.1 Å². The first kappa shape index (κ1) is 27.9. The molecule has 1 aromatic heterocycles. The Hall–Kier alpha value is -3.11. The van der Waals surface area contributed by atoms with Crippen LogP contribution in [0.4, 0.5) is 19.1 Å². The molecule has 38 heavy (non-hydrogen) atoms. The summed E-state index contributed by atoms with van der Waals surface area (Å²) in [6.07, 6.45) is -4.68. The molecule has 0 saturated carbocycles. The summed E-state index contributed by atoms with van der Waals surface area (Å²) in [5, 5.41) is 8.24. The van der Waals surface area contributed by atoms with Crippen LogP contribution in [0, 0.1) is 12.8 Å². The molecule has 1 atom stereocenters. The van der Waals surface area contributed by atoms with E-state index in [1.807, 2.05) is 0 Å². The lowest BCUT2D eigenvalue weighted by atomic mass is 9.86. The van der Waals surface area contributed by atoms with Crippen molar-refractivity contribution >= 4 is 40.8 Å². The minimum absolute atomic E-state index is 0.0507. The molecule has 1 unspecified atom stereocenters. The Labute approximate surface area is 228 Å². The van der Waals surface area contributed by atoms with Crippen molar-refractivity contribution in [2.75, 3.05) is 11.9 Å². The number of carbonyl (C=O) groups is 1. The van der Waals surface area contributed by atoms with E-state index in [1.165, 1.54) is 23.1 Å². The molecule has 1 amide bonds. The lowest BCUT2D eigenvalue weighted by molar-refractivity contribution is -0.275. The largest absolute Gasteiger partial charge is 0.435 e. The van der Waals surface area contributed by atoms with Gasteiger partial charge in [0.15, 0.2) is 0 Å². The SMILES string of the molecule is Cc1cc(C2=NOC(c3cc(Cl)cc(Cl)c3)(C(F)(F)F)C2)ccc1C(=O)N(C)c1nc(CC(C)C)n(C)n1. The third kappa shape index (κ3) is 5.24. The average Bonchev–Trinajstić information content (AvgIpc) is 3.42. The molecule has 0 N–H and O–H groups in total. The highest BCUT2D eigenvalue weighted by atomic mass is 35.5. The van der Waals surface area contributed by atoms with E-state index in [-0.39, 0.29) is 33.2 Å². The monoisotopic (exact) mass is 567 g/mol. The van der Waals surface area contributed by atoms with Crippen LogP contribution in [0.25, 0.3) is 0 Å². The van der Waals surface area contributed by atoms with Gasteiger partial charge in [0.2, 0.25) is 0 Å². The fraction of sp³-hybridized carbons (Fsp3) is 0.385. The predicted molar refractivity (Wildman–Crippen MR) is 140 cm³/mol. The third-order valence-corrected chi connectivity index (χ3v) is 6.78. The van der Waals surface area contributed by atoms with Gasteiger partial charge in [0.05, 0.1) is 5.71 Å². The molecule has 2 heterocycles. The molecule has 12 heteroatoms. The molecule has 0 bridgehead atoms. The predicted octanol–water partition coefficient (Wildman–Crippen LogP) is 6.49. The van der Waals surface area contributed by atoms with Crippen molar-refractivity contribution in [1.29, 1.82) is 0 Å². The zero-order valence-corrected chi connectivity index (χ0v) is 22.9. The molecule has 1 aliphatic heterocycles. The maximum absolute atomic E-state index is 14.3. The number of nitrogens with zero attached hydrogens (tertiary/aromatic N) is 5. The van der Waals surface area contributed by atoms with Crippen molar-refractivity contribution in [2.24, 2.45) is 18.1 Å². The summed E-state index contributed by atoms with van der Waals surface area (Å²) in [6, 6.07) is 8.38. The van der Waals surface area contributed by atoms with Gasteiger partial charge in [0, 0.05) is 48.1 Å². The number of halogens is 5. The Kier molecular flexibility index (Phi) is 7.51. The van der Waals surface area contributed by atoms with Crippen molar-refractivity contribution in [3.05, 3.63) is 74.5 Å². The van der Waals surface area contributed by atoms with Gasteiger partial charge in [-0.15, -0.1) is 5.10 Å². The number of alkyl halides is 3. The van der Waals surface area contributed by atoms with Gasteiger partial charge in [-0.25, -0.2) is 0 Å². The molecular weight excluding hydrogens is 542 g/mol. The highest BCUT2D eigenvalue weighted by Gasteiger charge is 2.62. The lowest BCUT2D eigenvalue weighted by Gasteiger charge is -2.29. The molecular formula is C26H26Cl2F3N5O2. The molecule has 4 rings (SSSR count). The standard InChI is InChI=1S/C26H26Cl2F3N5O2/c1-14(2)8-22-32-24(33-36(22)5)35(4)23(37)20-7-6-16(9-15(20)3)21-13-25(38-34-21,26(29,30)31)17-10-18(27)12-19(28)11-17/h6-7,9-12,14H,8,13H2,1-5H3. The zero-order chi connectivity index (χ0) is 28.0. The summed E-state index contributed by atoms with van der Waals surface area (Å²) in [4.78, 5) is 24.1. The second-order valence-corrected chi connectivity index (χ2v) is 10.6. The fourth-order valence-corrected chi connectivity index (χ4v) is 4.81. The van der Waals surface area contributed by atoms with Gasteiger partial charge < -0.3 is 4.84 Å². The van der Waals surface area contributed by atoms with E-state index in [4.69, 9.17) is 28.0 Å². The molecule has 202 valence electrons. The summed E-state index contributed by atoms with van der Waals surface area (Å²) in [7, 11) is 3.35. The molecule has 0 fully saturated rings. The Morgan fingerprint density at radius 2 is 1.84 bits per heavy atom. The number of rotatable bonds is 6. The van der Waals surface area contributed by atoms with Gasteiger partial charge in [-0.1, -0.05) is 48.3 Å². The van der Waals surface area contributed by atoms with Crippen LogP contribution in [-0.4, -0.2) is 39.6 Å². The number of benzene rings is 2. The smallest absolute Gasteiger partial charge is 0.374 e. The van der Waals surface area contributed by atoms with Crippen LogP contribution in [-0.2, 0) is 23.9 Å². The first-order valence-corrected chi connectivity index (χ1v) is 12.5. The number of aryl methyl sites for hydroxylation is 2. The highest BCUT2D eigenvalue weighted by Crippen LogP contribution is 2.49. The van der Waals surface area contributed by atoms with Crippen molar-refractivity contribution in [3.8, 4) is 0 Å². The highest BCUT2D eigenvalue weighted by molar-refractivity contribution is 6.34. The molecule has 0 saturated heterocycles. The van der Waals surface area contributed by atoms with Gasteiger partial charge >= 0.3 is 6.18 Å². The molecule has 7 nitrogen and oxygen atoms in total. The summed E-state index contributed by atoms with van der Waals surface area (Å²) in [5.41, 5.74) is -1.59. The van der Waals surface area contributed by atoms with E-state index in [0.29, 0.717) is 29.0 Å². The van der Waals surface area contributed by atoms with Gasteiger partial charge in [0.1, 0.15) is 5.82 Å². The van der Waals surface area contributed by atoms with Gasteiger partial charge in [-0.2, -0.15) is 18.2 Å². The second kappa shape index (κ2) is 10.2. The van der Waals surface area contributed by atoms with Crippen molar-refractivity contribution < 1.29 is 22.8 Å². The molecule has 1 aliphatic rings. The van der Waals surface area contributed by atoms with Crippen molar-refractivity contribution in [1.82, 2.24) is 14.8 Å². The van der Waals surface area contributed by atoms with E-state index in [0.717, 1.165) is 5.82 Å². The topological polar surface area (TPSA) is 72.6 Å². The third-order valence-electron chi connectivity index (χ3n) is 6.34. The molecule has 0 radical (unpaired) electrons. The Balaban J connectivity index is 1.59.